The number of nitrogens with one attached hydrogen (secondary N) is 1. The normalized spacial score (nSPS) is 10.8. The number of benzene rings is 3. The SMILES string of the molecule is O=C(COc1ccccc1)Nc1ccc2ncn(Cc3ccc(Cl)c(F)c3)c(=O)c2c1. The third-order valence-corrected chi connectivity index (χ3v) is 4.86. The second kappa shape index (κ2) is 8.97. The number of anilines is 1. The Hall–Kier alpha value is -3.71. The zero-order valence-corrected chi connectivity index (χ0v) is 17.0. The first kappa shape index (κ1) is 20.6. The molecule has 0 saturated carbocycles. The van der Waals surface area contributed by atoms with Gasteiger partial charge in [0.25, 0.3) is 11.5 Å². The van der Waals surface area contributed by atoms with E-state index in [1.54, 1.807) is 36.4 Å². The van der Waals surface area contributed by atoms with Crippen LogP contribution in [0, 0.1) is 5.82 Å². The fourth-order valence-electron chi connectivity index (χ4n) is 3.05. The molecule has 0 saturated heterocycles. The van der Waals surface area contributed by atoms with Crippen LogP contribution in [0.2, 0.25) is 5.02 Å². The second-order valence-electron chi connectivity index (χ2n) is 6.81. The zero-order chi connectivity index (χ0) is 21.8. The number of carbonyl (C=O) groups is 1. The average molecular weight is 438 g/mol. The summed E-state index contributed by atoms with van der Waals surface area (Å²) in [4.78, 5) is 29.4. The van der Waals surface area contributed by atoms with Crippen molar-refractivity contribution in [3.8, 4) is 5.75 Å². The second-order valence-corrected chi connectivity index (χ2v) is 7.22. The Bertz CT molecular complexity index is 1310. The lowest BCUT2D eigenvalue weighted by atomic mass is 10.2. The summed E-state index contributed by atoms with van der Waals surface area (Å²) in [6.45, 7) is -0.0290. The topological polar surface area (TPSA) is 73.2 Å². The Balaban J connectivity index is 1.52. The lowest BCUT2D eigenvalue weighted by Crippen LogP contribution is -2.22. The van der Waals surface area contributed by atoms with E-state index in [9.17, 15) is 14.0 Å². The largest absolute Gasteiger partial charge is 0.484 e. The number of hydrogen-bond donors (Lipinski definition) is 1. The molecule has 0 aliphatic heterocycles. The maximum atomic E-state index is 13.7. The number of para-hydroxylation sites is 1. The Morgan fingerprint density at radius 2 is 1.90 bits per heavy atom. The van der Waals surface area contributed by atoms with Gasteiger partial charge in [-0.3, -0.25) is 14.2 Å². The van der Waals surface area contributed by atoms with Gasteiger partial charge in [0, 0.05) is 5.69 Å². The molecule has 0 radical (unpaired) electrons. The molecule has 0 bridgehead atoms. The number of nitrogens with zero attached hydrogens (tertiary/aromatic N) is 2. The standard InChI is InChI=1S/C23H17ClFN3O3/c24-19-8-6-15(10-20(19)25)12-28-14-26-21-9-7-16(11-18(21)23(28)30)27-22(29)13-31-17-4-2-1-3-5-17/h1-11,14H,12-13H2,(H,27,29). The molecule has 1 aromatic heterocycles. The molecule has 3 aromatic carbocycles. The molecule has 1 amide bonds. The number of aromatic nitrogens is 2. The third kappa shape index (κ3) is 4.90. The van der Waals surface area contributed by atoms with Crippen molar-refractivity contribution in [2.24, 2.45) is 0 Å². The Labute approximate surface area is 181 Å². The molecule has 4 aromatic rings. The highest BCUT2D eigenvalue weighted by atomic mass is 35.5. The van der Waals surface area contributed by atoms with Crippen molar-refractivity contribution in [2.45, 2.75) is 6.54 Å². The summed E-state index contributed by atoms with van der Waals surface area (Å²) in [6.07, 6.45) is 1.41. The van der Waals surface area contributed by atoms with Crippen LogP contribution in [0.4, 0.5) is 10.1 Å². The number of fused-ring (bicyclic) bond motifs is 1. The van der Waals surface area contributed by atoms with Crippen LogP contribution in [-0.4, -0.2) is 22.1 Å². The van der Waals surface area contributed by atoms with Crippen molar-refractivity contribution in [3.05, 3.63) is 99.8 Å². The average Bonchev–Trinajstić information content (AvgIpc) is 2.78. The van der Waals surface area contributed by atoms with E-state index in [0.29, 0.717) is 27.9 Å². The fraction of sp³-hybridized carbons (Fsp3) is 0.0870. The first-order valence-electron chi connectivity index (χ1n) is 9.40. The Morgan fingerprint density at radius 3 is 2.68 bits per heavy atom. The minimum absolute atomic E-state index is 0.0179. The van der Waals surface area contributed by atoms with Crippen LogP contribution in [0.15, 0.2) is 77.9 Å². The van der Waals surface area contributed by atoms with E-state index < -0.39 is 5.82 Å². The van der Waals surface area contributed by atoms with Crippen LogP contribution in [0.5, 0.6) is 5.75 Å². The van der Waals surface area contributed by atoms with Crippen LogP contribution in [-0.2, 0) is 11.3 Å². The molecule has 0 aliphatic carbocycles. The lowest BCUT2D eigenvalue weighted by Gasteiger charge is -2.10. The molecule has 0 spiro atoms. The van der Waals surface area contributed by atoms with Gasteiger partial charge in [-0.1, -0.05) is 35.9 Å². The molecule has 0 fully saturated rings. The quantitative estimate of drug-likeness (QED) is 0.489. The minimum atomic E-state index is -0.552. The first-order valence-corrected chi connectivity index (χ1v) is 9.78. The number of ether oxygens (including phenoxy) is 1. The summed E-state index contributed by atoms with van der Waals surface area (Å²) in [7, 11) is 0. The predicted molar refractivity (Wildman–Crippen MR) is 117 cm³/mol. The first-order chi connectivity index (χ1) is 15.0. The molecule has 4 rings (SSSR count). The van der Waals surface area contributed by atoms with Crippen molar-refractivity contribution in [3.63, 3.8) is 0 Å². The fourth-order valence-corrected chi connectivity index (χ4v) is 3.16. The summed E-state index contributed by atoms with van der Waals surface area (Å²) in [5.74, 6) is -0.324. The Kier molecular flexibility index (Phi) is 5.95. The van der Waals surface area contributed by atoms with E-state index >= 15 is 0 Å². The monoisotopic (exact) mass is 437 g/mol. The molecule has 1 N–H and O–H groups in total. The van der Waals surface area contributed by atoms with Crippen molar-refractivity contribution in [1.82, 2.24) is 9.55 Å². The van der Waals surface area contributed by atoms with E-state index in [-0.39, 0.29) is 29.6 Å². The zero-order valence-electron chi connectivity index (χ0n) is 16.2. The number of amides is 1. The van der Waals surface area contributed by atoms with Crippen LogP contribution < -0.4 is 15.6 Å². The Morgan fingerprint density at radius 1 is 1.10 bits per heavy atom. The number of hydrogen-bond acceptors (Lipinski definition) is 4. The van der Waals surface area contributed by atoms with Gasteiger partial charge in [0.2, 0.25) is 0 Å². The highest BCUT2D eigenvalue weighted by Gasteiger charge is 2.09. The lowest BCUT2D eigenvalue weighted by molar-refractivity contribution is -0.118. The van der Waals surface area contributed by atoms with E-state index in [2.05, 4.69) is 10.3 Å². The van der Waals surface area contributed by atoms with E-state index in [4.69, 9.17) is 16.3 Å². The van der Waals surface area contributed by atoms with Gasteiger partial charge in [0.05, 0.1) is 28.8 Å². The van der Waals surface area contributed by atoms with Crippen molar-refractivity contribution >= 4 is 34.1 Å². The molecule has 156 valence electrons. The maximum absolute atomic E-state index is 13.7. The minimum Gasteiger partial charge on any atom is -0.484 e. The van der Waals surface area contributed by atoms with Crippen LogP contribution >= 0.6 is 11.6 Å². The molecular formula is C23H17ClFN3O3. The molecule has 8 heteroatoms. The van der Waals surface area contributed by atoms with Crippen LogP contribution in [0.25, 0.3) is 10.9 Å². The van der Waals surface area contributed by atoms with Gasteiger partial charge in [-0.2, -0.15) is 0 Å². The van der Waals surface area contributed by atoms with Gasteiger partial charge in [-0.25, -0.2) is 9.37 Å². The van der Waals surface area contributed by atoms with Crippen LogP contribution in [0.1, 0.15) is 5.56 Å². The molecule has 0 atom stereocenters. The van der Waals surface area contributed by atoms with Gasteiger partial charge in [-0.05, 0) is 48.0 Å². The van der Waals surface area contributed by atoms with Crippen molar-refractivity contribution in [2.75, 3.05) is 11.9 Å². The molecule has 31 heavy (non-hydrogen) atoms. The summed E-state index contributed by atoms with van der Waals surface area (Å²) < 4.78 is 20.5. The van der Waals surface area contributed by atoms with Gasteiger partial charge in [-0.15, -0.1) is 0 Å². The maximum Gasteiger partial charge on any atom is 0.262 e. The van der Waals surface area contributed by atoms with Gasteiger partial charge in [0.1, 0.15) is 11.6 Å². The van der Waals surface area contributed by atoms with Crippen molar-refractivity contribution < 1.29 is 13.9 Å². The van der Waals surface area contributed by atoms with Gasteiger partial charge < -0.3 is 10.1 Å². The summed E-state index contributed by atoms with van der Waals surface area (Å²) in [6, 6.07) is 18.2. The highest BCUT2D eigenvalue weighted by Crippen LogP contribution is 2.17. The number of rotatable bonds is 6. The van der Waals surface area contributed by atoms with E-state index in [1.165, 1.54) is 23.0 Å². The number of carbonyl (C=O) groups excluding carboxylic acids is 1. The van der Waals surface area contributed by atoms with Gasteiger partial charge >= 0.3 is 0 Å². The summed E-state index contributed by atoms with van der Waals surface area (Å²) in [5, 5.41) is 3.06. The molecule has 1 heterocycles. The molecule has 0 aliphatic rings. The molecule has 6 nitrogen and oxygen atoms in total. The van der Waals surface area contributed by atoms with Gasteiger partial charge in [0.15, 0.2) is 6.61 Å². The number of halogens is 2. The van der Waals surface area contributed by atoms with E-state index in [0.717, 1.165) is 0 Å². The smallest absolute Gasteiger partial charge is 0.262 e. The predicted octanol–water partition coefficient (Wildman–Crippen LogP) is 4.25. The summed E-state index contributed by atoms with van der Waals surface area (Å²) in [5.41, 5.74) is 1.20. The van der Waals surface area contributed by atoms with Crippen molar-refractivity contribution in [1.29, 1.82) is 0 Å². The highest BCUT2D eigenvalue weighted by molar-refractivity contribution is 6.30. The molecular weight excluding hydrogens is 421 g/mol. The molecule has 0 unspecified atom stereocenters. The summed E-state index contributed by atoms with van der Waals surface area (Å²) >= 11 is 5.71. The van der Waals surface area contributed by atoms with E-state index in [1.807, 2.05) is 18.2 Å². The van der Waals surface area contributed by atoms with Crippen LogP contribution in [0.3, 0.4) is 0 Å². The third-order valence-electron chi connectivity index (χ3n) is 4.56.